The Morgan fingerprint density at radius 1 is 1.00 bits per heavy atom. The summed E-state index contributed by atoms with van der Waals surface area (Å²) in [4.78, 5) is 10.6. The van der Waals surface area contributed by atoms with Crippen molar-refractivity contribution in [2.24, 2.45) is 11.8 Å². The van der Waals surface area contributed by atoms with E-state index < -0.39 is 5.97 Å². The van der Waals surface area contributed by atoms with Gasteiger partial charge in [-0.2, -0.15) is 0 Å². The van der Waals surface area contributed by atoms with E-state index >= 15 is 0 Å². The first-order valence-electron chi connectivity index (χ1n) is 11.7. The smallest absolute Gasteiger partial charge is 0.303 e. The predicted molar refractivity (Wildman–Crippen MR) is 119 cm³/mol. The molecule has 4 heteroatoms. The van der Waals surface area contributed by atoms with E-state index in [0.717, 1.165) is 38.0 Å². The fraction of sp³-hybridized carbons (Fsp3) is 0.720. The molecule has 0 aliphatic heterocycles. The quantitative estimate of drug-likeness (QED) is 0.344. The average Bonchev–Trinajstić information content (AvgIpc) is 2.99. The van der Waals surface area contributed by atoms with Crippen LogP contribution in [0.3, 0.4) is 0 Å². The van der Waals surface area contributed by atoms with E-state index in [1.165, 1.54) is 49.7 Å². The molecular formula is C25H37ClO3. The highest BCUT2D eigenvalue weighted by Gasteiger charge is 2.41. The van der Waals surface area contributed by atoms with Crippen LogP contribution in [0.25, 0.3) is 0 Å². The van der Waals surface area contributed by atoms with Gasteiger partial charge in [-0.05, 0) is 48.6 Å². The van der Waals surface area contributed by atoms with E-state index in [4.69, 9.17) is 16.7 Å². The maximum Gasteiger partial charge on any atom is 0.303 e. The lowest BCUT2D eigenvalue weighted by molar-refractivity contribution is -0.137. The summed E-state index contributed by atoms with van der Waals surface area (Å²) in [6.07, 6.45) is 13.4. The number of hydrogen-bond acceptors (Lipinski definition) is 2. The molecule has 0 saturated heterocycles. The zero-order valence-electron chi connectivity index (χ0n) is 17.6. The van der Waals surface area contributed by atoms with Crippen LogP contribution in [0.2, 0.25) is 0 Å². The number of rotatable bonds is 10. The fourth-order valence-electron chi connectivity index (χ4n) is 5.50. The monoisotopic (exact) mass is 420 g/mol. The van der Waals surface area contributed by atoms with Crippen LogP contribution < -0.4 is 0 Å². The van der Waals surface area contributed by atoms with Crippen molar-refractivity contribution >= 4 is 17.6 Å². The molecule has 2 aliphatic rings. The van der Waals surface area contributed by atoms with Crippen LogP contribution in [0.1, 0.15) is 94.1 Å². The van der Waals surface area contributed by atoms with Crippen molar-refractivity contribution in [2.45, 2.75) is 101 Å². The van der Waals surface area contributed by atoms with E-state index in [0.29, 0.717) is 12.3 Å². The van der Waals surface area contributed by atoms with Crippen LogP contribution in [-0.4, -0.2) is 27.7 Å². The summed E-state index contributed by atoms with van der Waals surface area (Å²) in [7, 11) is 0. The third-order valence-electron chi connectivity index (χ3n) is 7.10. The summed E-state index contributed by atoms with van der Waals surface area (Å²) < 4.78 is 0. The highest BCUT2D eigenvalue weighted by molar-refractivity contribution is 6.21. The van der Waals surface area contributed by atoms with Crippen molar-refractivity contribution in [2.75, 3.05) is 0 Å². The van der Waals surface area contributed by atoms with E-state index in [9.17, 15) is 9.90 Å². The first-order chi connectivity index (χ1) is 14.0. The van der Waals surface area contributed by atoms with Crippen molar-refractivity contribution < 1.29 is 15.0 Å². The van der Waals surface area contributed by atoms with Gasteiger partial charge in [0.05, 0.1) is 6.10 Å². The molecule has 0 heterocycles. The minimum atomic E-state index is -0.711. The minimum absolute atomic E-state index is 0.0240. The van der Waals surface area contributed by atoms with E-state index in [1.807, 2.05) is 0 Å². The Kier molecular flexibility index (Phi) is 8.86. The van der Waals surface area contributed by atoms with Crippen LogP contribution in [0, 0.1) is 11.8 Å². The molecule has 0 aromatic heterocycles. The third-order valence-corrected chi connectivity index (χ3v) is 7.60. The third kappa shape index (κ3) is 6.72. The van der Waals surface area contributed by atoms with Crippen LogP contribution in [0.15, 0.2) is 24.3 Å². The first-order valence-corrected chi connectivity index (χ1v) is 12.1. The van der Waals surface area contributed by atoms with Crippen molar-refractivity contribution in [3.63, 3.8) is 0 Å². The maximum absolute atomic E-state index is 10.7. The van der Waals surface area contributed by atoms with Crippen molar-refractivity contribution in [1.29, 1.82) is 0 Å². The summed E-state index contributed by atoms with van der Waals surface area (Å²) >= 11 is 6.62. The molecule has 2 N–H and O–H groups in total. The molecule has 1 aromatic rings. The van der Waals surface area contributed by atoms with Crippen LogP contribution >= 0.6 is 11.6 Å². The van der Waals surface area contributed by atoms with Gasteiger partial charge >= 0.3 is 5.97 Å². The number of hydrogen-bond donors (Lipinski definition) is 2. The summed E-state index contributed by atoms with van der Waals surface area (Å²) in [5.41, 5.74) is 2.65. The van der Waals surface area contributed by atoms with Gasteiger partial charge in [0, 0.05) is 17.7 Å². The largest absolute Gasteiger partial charge is 0.481 e. The van der Waals surface area contributed by atoms with Gasteiger partial charge in [0.15, 0.2) is 0 Å². The van der Waals surface area contributed by atoms with Gasteiger partial charge in [0.2, 0.25) is 0 Å². The average molecular weight is 421 g/mol. The van der Waals surface area contributed by atoms with Crippen LogP contribution in [-0.2, 0) is 11.2 Å². The lowest BCUT2D eigenvalue weighted by atomic mass is 9.82. The van der Waals surface area contributed by atoms with Gasteiger partial charge < -0.3 is 10.2 Å². The molecule has 2 fully saturated rings. The second-order valence-corrected chi connectivity index (χ2v) is 9.87. The van der Waals surface area contributed by atoms with Gasteiger partial charge in [-0.15, -0.1) is 11.6 Å². The lowest BCUT2D eigenvalue weighted by Gasteiger charge is -2.25. The molecule has 162 valence electrons. The Bertz CT molecular complexity index is 623. The summed E-state index contributed by atoms with van der Waals surface area (Å²) in [6, 6.07) is 8.98. The Morgan fingerprint density at radius 2 is 1.69 bits per heavy atom. The Morgan fingerprint density at radius 3 is 2.38 bits per heavy atom. The first kappa shape index (κ1) is 22.6. The minimum Gasteiger partial charge on any atom is -0.481 e. The molecule has 1 aromatic carbocycles. The van der Waals surface area contributed by atoms with Gasteiger partial charge in [0.1, 0.15) is 0 Å². The summed E-state index contributed by atoms with van der Waals surface area (Å²) in [5.74, 6) is 0.556. The highest BCUT2D eigenvalue weighted by atomic mass is 35.5. The van der Waals surface area contributed by atoms with Crippen molar-refractivity contribution in [3.05, 3.63) is 35.4 Å². The molecule has 2 aliphatic carbocycles. The molecule has 0 spiro atoms. The van der Waals surface area contributed by atoms with E-state index in [-0.39, 0.29) is 23.8 Å². The number of aliphatic hydroxyl groups is 1. The van der Waals surface area contributed by atoms with Gasteiger partial charge in [-0.25, -0.2) is 0 Å². The SMILES string of the molecule is O=C(O)CCCCCC[C@@H]1[C@@H](c2ccc(CC3CCCCC3)cc2)[C@H](O)C[C@@H]1Cl. The Hall–Kier alpha value is -1.06. The number of halogens is 1. The van der Waals surface area contributed by atoms with Crippen molar-refractivity contribution in [3.8, 4) is 0 Å². The predicted octanol–water partition coefficient (Wildman–Crippen LogP) is 6.31. The Balaban J connectivity index is 1.52. The highest BCUT2D eigenvalue weighted by Crippen LogP contribution is 2.45. The second kappa shape index (κ2) is 11.4. The molecule has 3 nitrogen and oxygen atoms in total. The van der Waals surface area contributed by atoms with E-state index in [1.54, 1.807) is 0 Å². The molecule has 29 heavy (non-hydrogen) atoms. The second-order valence-electron chi connectivity index (χ2n) is 9.31. The molecule has 0 radical (unpaired) electrons. The fourth-order valence-corrected chi connectivity index (χ4v) is 5.97. The zero-order valence-corrected chi connectivity index (χ0v) is 18.3. The topological polar surface area (TPSA) is 57.5 Å². The lowest BCUT2D eigenvalue weighted by Crippen LogP contribution is -2.19. The normalized spacial score (nSPS) is 27.9. The van der Waals surface area contributed by atoms with Crippen LogP contribution in [0.4, 0.5) is 0 Å². The number of unbranched alkanes of at least 4 members (excludes halogenated alkanes) is 3. The van der Waals surface area contributed by atoms with Gasteiger partial charge in [-0.3, -0.25) is 4.79 Å². The number of benzene rings is 1. The number of carboxylic acids is 1. The summed E-state index contributed by atoms with van der Waals surface area (Å²) in [5, 5.41) is 19.4. The molecular weight excluding hydrogens is 384 g/mol. The van der Waals surface area contributed by atoms with Crippen LogP contribution in [0.5, 0.6) is 0 Å². The molecule has 3 rings (SSSR count). The van der Waals surface area contributed by atoms with Crippen molar-refractivity contribution in [1.82, 2.24) is 0 Å². The number of alkyl halides is 1. The Labute approximate surface area is 180 Å². The molecule has 0 amide bonds. The molecule has 0 unspecified atom stereocenters. The maximum atomic E-state index is 10.7. The number of carbonyl (C=O) groups is 1. The standard InChI is InChI=1S/C25H37ClO3/c26-22-17-23(27)25(21(22)10-6-1-2-7-11-24(28)29)20-14-12-19(13-15-20)16-18-8-4-3-5-9-18/h12-15,18,21-23,25,27H,1-11,16-17H2,(H,28,29)/t21-,22-,23+,25+/m0/s1. The number of aliphatic hydroxyl groups excluding tert-OH is 1. The number of aliphatic carboxylic acids is 1. The van der Waals surface area contributed by atoms with Gasteiger partial charge in [0.25, 0.3) is 0 Å². The number of carboxylic acid groups (broad SMARTS) is 1. The van der Waals surface area contributed by atoms with E-state index in [2.05, 4.69) is 24.3 Å². The molecule has 2 saturated carbocycles. The summed E-state index contributed by atoms with van der Waals surface area (Å²) in [6.45, 7) is 0. The molecule has 4 atom stereocenters. The zero-order chi connectivity index (χ0) is 20.6. The molecule has 0 bridgehead atoms. The van der Waals surface area contributed by atoms with Gasteiger partial charge in [-0.1, -0.05) is 75.6 Å².